The lowest BCUT2D eigenvalue weighted by Gasteiger charge is -1.97. The maximum atomic E-state index is 10.9. The summed E-state index contributed by atoms with van der Waals surface area (Å²) in [5.41, 5.74) is 1.04. The van der Waals surface area contributed by atoms with Gasteiger partial charge in [0, 0.05) is 10.4 Å². The predicted octanol–water partition coefficient (Wildman–Crippen LogP) is 2.96. The molecule has 3 nitrogen and oxygen atoms in total. The molecule has 2 rings (SSSR count). The minimum Gasteiger partial charge on any atom is -0.478 e. The molecule has 1 heterocycles. The van der Waals surface area contributed by atoms with Crippen molar-refractivity contribution in [3.63, 3.8) is 0 Å². The van der Waals surface area contributed by atoms with Crippen LogP contribution in [0.25, 0.3) is 10.1 Å². The summed E-state index contributed by atoms with van der Waals surface area (Å²) in [7, 11) is 0. The Morgan fingerprint density at radius 3 is 2.93 bits per heavy atom. The number of carboxylic acids is 1. The first-order chi connectivity index (χ1) is 6.59. The summed E-state index contributed by atoms with van der Waals surface area (Å²) in [4.78, 5) is 10.9. The molecule has 0 aliphatic heterocycles. The van der Waals surface area contributed by atoms with Crippen LogP contribution in [0.4, 0.5) is 0 Å². The maximum Gasteiger partial charge on any atom is 0.337 e. The van der Waals surface area contributed by atoms with Crippen molar-refractivity contribution in [3.8, 4) is 0 Å². The Hall–Kier alpha value is -1.13. The number of aromatic nitrogens is 1. The van der Waals surface area contributed by atoms with Gasteiger partial charge in [0.15, 0.2) is 0 Å². The number of rotatable bonds is 1. The third-order valence-corrected chi connectivity index (χ3v) is 3.15. The molecule has 0 saturated heterocycles. The lowest BCUT2D eigenvalue weighted by molar-refractivity contribution is 0.0699. The zero-order chi connectivity index (χ0) is 10.3. The molecule has 14 heavy (non-hydrogen) atoms. The highest BCUT2D eigenvalue weighted by Gasteiger charge is 2.13. The molecule has 0 fully saturated rings. The molecule has 0 atom stereocenters. The SMILES string of the molecule is Cc1nsc2c(C(=O)O)cc(Cl)cc12. The molecule has 5 heteroatoms. The zero-order valence-electron chi connectivity index (χ0n) is 7.24. The third-order valence-electron chi connectivity index (χ3n) is 1.95. The van der Waals surface area contributed by atoms with Crippen LogP contribution in [0.1, 0.15) is 16.1 Å². The second-order valence-electron chi connectivity index (χ2n) is 2.90. The van der Waals surface area contributed by atoms with Gasteiger partial charge in [0.05, 0.1) is 16.0 Å². The molecule has 0 bridgehead atoms. The van der Waals surface area contributed by atoms with E-state index in [-0.39, 0.29) is 5.56 Å². The minimum atomic E-state index is -0.971. The molecule has 0 unspecified atom stereocenters. The smallest absolute Gasteiger partial charge is 0.337 e. The first-order valence-electron chi connectivity index (χ1n) is 3.88. The Bertz CT molecular complexity index is 521. The lowest BCUT2D eigenvalue weighted by Crippen LogP contribution is -1.95. The second-order valence-corrected chi connectivity index (χ2v) is 4.11. The average molecular weight is 228 g/mol. The van der Waals surface area contributed by atoms with Crippen molar-refractivity contribution in [2.45, 2.75) is 6.92 Å². The first kappa shape index (κ1) is 9.43. The van der Waals surface area contributed by atoms with Crippen molar-refractivity contribution in [3.05, 3.63) is 28.4 Å². The fourth-order valence-corrected chi connectivity index (χ4v) is 2.38. The number of benzene rings is 1. The van der Waals surface area contributed by atoms with Crippen LogP contribution in [0.3, 0.4) is 0 Å². The normalized spacial score (nSPS) is 10.7. The van der Waals surface area contributed by atoms with Gasteiger partial charge in [0.1, 0.15) is 0 Å². The molecule has 0 saturated carbocycles. The number of carbonyl (C=O) groups is 1. The van der Waals surface area contributed by atoms with Crippen LogP contribution in [0.2, 0.25) is 5.02 Å². The predicted molar refractivity (Wildman–Crippen MR) is 56.3 cm³/mol. The molecular formula is C9H6ClNO2S. The monoisotopic (exact) mass is 227 g/mol. The molecule has 1 aromatic carbocycles. The third kappa shape index (κ3) is 1.36. The van der Waals surface area contributed by atoms with E-state index in [0.717, 1.165) is 11.1 Å². The Morgan fingerprint density at radius 1 is 1.57 bits per heavy atom. The van der Waals surface area contributed by atoms with Crippen molar-refractivity contribution in [2.24, 2.45) is 0 Å². The Kier molecular flexibility index (Phi) is 2.17. The first-order valence-corrected chi connectivity index (χ1v) is 5.03. The van der Waals surface area contributed by atoms with Gasteiger partial charge in [-0.15, -0.1) is 0 Å². The van der Waals surface area contributed by atoms with Crippen LogP contribution in [-0.2, 0) is 0 Å². The van der Waals surface area contributed by atoms with Crippen molar-refractivity contribution >= 4 is 39.2 Å². The van der Waals surface area contributed by atoms with Crippen molar-refractivity contribution in [1.82, 2.24) is 4.37 Å². The van der Waals surface area contributed by atoms with Crippen LogP contribution in [0, 0.1) is 6.92 Å². The molecule has 1 aromatic heterocycles. The summed E-state index contributed by atoms with van der Waals surface area (Å²) in [6, 6.07) is 3.19. The van der Waals surface area contributed by atoms with E-state index in [2.05, 4.69) is 4.37 Å². The fraction of sp³-hybridized carbons (Fsp3) is 0.111. The number of hydrogen-bond donors (Lipinski definition) is 1. The highest BCUT2D eigenvalue weighted by atomic mass is 35.5. The van der Waals surface area contributed by atoms with Crippen LogP contribution < -0.4 is 0 Å². The number of aryl methyl sites for hydroxylation is 1. The number of carboxylic acid groups (broad SMARTS) is 1. The van der Waals surface area contributed by atoms with Gasteiger partial charge in [-0.25, -0.2) is 4.79 Å². The molecule has 72 valence electrons. The van der Waals surface area contributed by atoms with E-state index in [1.165, 1.54) is 17.6 Å². The summed E-state index contributed by atoms with van der Waals surface area (Å²) >= 11 is 7.00. The van der Waals surface area contributed by atoms with Crippen molar-refractivity contribution in [2.75, 3.05) is 0 Å². The second kappa shape index (κ2) is 3.22. The lowest BCUT2D eigenvalue weighted by atomic mass is 10.1. The fourth-order valence-electron chi connectivity index (χ4n) is 1.28. The number of nitrogens with zero attached hydrogens (tertiary/aromatic N) is 1. The quantitative estimate of drug-likeness (QED) is 0.815. The Labute approximate surface area is 89.1 Å². The molecule has 0 spiro atoms. The van der Waals surface area contributed by atoms with Crippen molar-refractivity contribution < 1.29 is 9.90 Å². The molecule has 0 radical (unpaired) electrons. The molecule has 0 aliphatic rings. The van der Waals surface area contributed by atoms with E-state index in [9.17, 15) is 4.79 Å². The van der Waals surface area contributed by atoms with E-state index >= 15 is 0 Å². The van der Waals surface area contributed by atoms with E-state index in [4.69, 9.17) is 16.7 Å². The van der Waals surface area contributed by atoms with E-state index in [1.54, 1.807) is 6.07 Å². The summed E-state index contributed by atoms with van der Waals surface area (Å²) in [6.07, 6.45) is 0. The average Bonchev–Trinajstić information content (AvgIpc) is 2.47. The van der Waals surface area contributed by atoms with Gasteiger partial charge < -0.3 is 5.11 Å². The number of fused-ring (bicyclic) bond motifs is 1. The number of halogens is 1. The van der Waals surface area contributed by atoms with Crippen molar-refractivity contribution in [1.29, 1.82) is 0 Å². The summed E-state index contributed by atoms with van der Waals surface area (Å²) in [6.45, 7) is 1.83. The minimum absolute atomic E-state index is 0.220. The number of hydrogen-bond acceptors (Lipinski definition) is 3. The van der Waals surface area contributed by atoms with Crippen LogP contribution in [0.15, 0.2) is 12.1 Å². The summed E-state index contributed by atoms with van der Waals surface area (Å²) < 4.78 is 4.78. The summed E-state index contributed by atoms with van der Waals surface area (Å²) in [5, 5.41) is 10.2. The number of aromatic carboxylic acids is 1. The highest BCUT2D eigenvalue weighted by Crippen LogP contribution is 2.29. The van der Waals surface area contributed by atoms with Gasteiger partial charge in [0.25, 0.3) is 0 Å². The van der Waals surface area contributed by atoms with Crippen LogP contribution in [-0.4, -0.2) is 15.4 Å². The zero-order valence-corrected chi connectivity index (χ0v) is 8.82. The van der Waals surface area contributed by atoms with Crippen LogP contribution in [0.5, 0.6) is 0 Å². The molecule has 1 N–H and O–H groups in total. The molecule has 0 aliphatic carbocycles. The maximum absolute atomic E-state index is 10.9. The summed E-state index contributed by atoms with van der Waals surface area (Å²) in [5.74, 6) is -0.971. The van der Waals surface area contributed by atoms with Gasteiger partial charge in [-0.3, -0.25) is 0 Å². The largest absolute Gasteiger partial charge is 0.478 e. The van der Waals surface area contributed by atoms with E-state index < -0.39 is 5.97 Å². The van der Waals surface area contributed by atoms with Gasteiger partial charge in [-0.1, -0.05) is 11.6 Å². The van der Waals surface area contributed by atoms with Gasteiger partial charge in [0.2, 0.25) is 0 Å². The molecule has 0 amide bonds. The van der Waals surface area contributed by atoms with E-state index in [0.29, 0.717) is 9.72 Å². The molecule has 2 aromatic rings. The Morgan fingerprint density at radius 2 is 2.29 bits per heavy atom. The highest BCUT2D eigenvalue weighted by molar-refractivity contribution is 7.13. The Balaban J connectivity index is 2.88. The van der Waals surface area contributed by atoms with Crippen LogP contribution >= 0.6 is 23.1 Å². The molecular weight excluding hydrogens is 222 g/mol. The van der Waals surface area contributed by atoms with E-state index in [1.807, 2.05) is 6.92 Å². The van der Waals surface area contributed by atoms with Gasteiger partial charge >= 0.3 is 5.97 Å². The van der Waals surface area contributed by atoms with Gasteiger partial charge in [-0.2, -0.15) is 4.37 Å². The van der Waals surface area contributed by atoms with Gasteiger partial charge in [-0.05, 0) is 30.6 Å². The standard InChI is InChI=1S/C9H6ClNO2S/c1-4-6-2-5(10)3-7(9(12)13)8(6)14-11-4/h2-3H,1H3,(H,12,13). The topological polar surface area (TPSA) is 50.2 Å².